The summed E-state index contributed by atoms with van der Waals surface area (Å²) in [6.45, 7) is 1.74. The van der Waals surface area contributed by atoms with Gasteiger partial charge in [-0.1, -0.05) is 15.9 Å². The predicted molar refractivity (Wildman–Crippen MR) is 54.5 cm³/mol. The fourth-order valence-corrected chi connectivity index (χ4v) is 1.98. The van der Waals surface area contributed by atoms with E-state index in [0.29, 0.717) is 0 Å². The number of hydrogen-bond acceptors (Lipinski definition) is 2. The SMILES string of the molecule is CC(O)c1cc2ccoc2cc1Br. The molecule has 0 saturated heterocycles. The normalized spacial score (nSPS) is 13.5. The van der Waals surface area contributed by atoms with Crippen molar-refractivity contribution in [3.63, 3.8) is 0 Å². The Labute approximate surface area is 84.3 Å². The summed E-state index contributed by atoms with van der Waals surface area (Å²) in [7, 11) is 0. The maximum Gasteiger partial charge on any atom is 0.134 e. The molecule has 1 aromatic carbocycles. The largest absolute Gasteiger partial charge is 0.464 e. The first-order chi connectivity index (χ1) is 6.18. The minimum Gasteiger partial charge on any atom is -0.464 e. The van der Waals surface area contributed by atoms with Crippen LogP contribution in [0.15, 0.2) is 33.4 Å². The van der Waals surface area contributed by atoms with Crippen LogP contribution < -0.4 is 0 Å². The van der Waals surface area contributed by atoms with Crippen molar-refractivity contribution in [2.24, 2.45) is 0 Å². The van der Waals surface area contributed by atoms with Crippen molar-refractivity contribution in [1.82, 2.24) is 0 Å². The lowest BCUT2D eigenvalue weighted by Crippen LogP contribution is -1.91. The van der Waals surface area contributed by atoms with Gasteiger partial charge in [-0.25, -0.2) is 0 Å². The molecule has 3 heteroatoms. The van der Waals surface area contributed by atoms with Gasteiger partial charge in [-0.15, -0.1) is 0 Å². The first kappa shape index (κ1) is 8.78. The summed E-state index contributed by atoms with van der Waals surface area (Å²) < 4.78 is 6.10. The lowest BCUT2D eigenvalue weighted by atomic mass is 10.1. The summed E-state index contributed by atoms with van der Waals surface area (Å²) >= 11 is 3.38. The van der Waals surface area contributed by atoms with Crippen molar-refractivity contribution in [3.8, 4) is 0 Å². The van der Waals surface area contributed by atoms with E-state index in [9.17, 15) is 5.11 Å². The first-order valence-corrected chi connectivity index (χ1v) is 4.82. The highest BCUT2D eigenvalue weighted by Crippen LogP contribution is 2.29. The van der Waals surface area contributed by atoms with Crippen molar-refractivity contribution < 1.29 is 9.52 Å². The fourth-order valence-electron chi connectivity index (χ4n) is 1.32. The van der Waals surface area contributed by atoms with Crippen LogP contribution in [-0.2, 0) is 0 Å². The van der Waals surface area contributed by atoms with Gasteiger partial charge in [0.1, 0.15) is 5.58 Å². The number of furan rings is 1. The maximum atomic E-state index is 9.44. The van der Waals surface area contributed by atoms with Gasteiger partial charge in [0, 0.05) is 9.86 Å². The van der Waals surface area contributed by atoms with Gasteiger partial charge in [0.2, 0.25) is 0 Å². The van der Waals surface area contributed by atoms with E-state index in [4.69, 9.17) is 4.42 Å². The Kier molecular flexibility index (Phi) is 2.14. The second-order valence-electron chi connectivity index (χ2n) is 3.01. The second kappa shape index (κ2) is 3.16. The lowest BCUT2D eigenvalue weighted by Gasteiger charge is -2.06. The van der Waals surface area contributed by atoms with Gasteiger partial charge in [-0.3, -0.25) is 0 Å². The summed E-state index contributed by atoms with van der Waals surface area (Å²) in [6.07, 6.45) is 1.18. The quantitative estimate of drug-likeness (QED) is 0.831. The van der Waals surface area contributed by atoms with Crippen LogP contribution in [0, 0.1) is 0 Å². The van der Waals surface area contributed by atoms with E-state index in [-0.39, 0.29) is 0 Å². The molecule has 0 aliphatic carbocycles. The molecule has 13 heavy (non-hydrogen) atoms. The summed E-state index contributed by atoms with van der Waals surface area (Å²) in [5, 5.41) is 10.5. The second-order valence-corrected chi connectivity index (χ2v) is 3.86. The maximum absolute atomic E-state index is 9.44. The zero-order chi connectivity index (χ0) is 9.42. The number of aliphatic hydroxyl groups excluding tert-OH is 1. The molecule has 2 nitrogen and oxygen atoms in total. The van der Waals surface area contributed by atoms with Crippen molar-refractivity contribution >= 4 is 26.9 Å². The Bertz CT molecular complexity index is 431. The monoisotopic (exact) mass is 240 g/mol. The van der Waals surface area contributed by atoms with Gasteiger partial charge in [-0.05, 0) is 30.7 Å². The molecule has 2 aromatic rings. The molecule has 0 aliphatic rings. The van der Waals surface area contributed by atoms with Gasteiger partial charge >= 0.3 is 0 Å². The summed E-state index contributed by atoms with van der Waals surface area (Å²) in [5.41, 5.74) is 1.71. The van der Waals surface area contributed by atoms with Crippen LogP contribution in [0.2, 0.25) is 0 Å². The minimum absolute atomic E-state index is 0.464. The molecular weight excluding hydrogens is 232 g/mol. The zero-order valence-corrected chi connectivity index (χ0v) is 8.71. The molecule has 68 valence electrons. The Morgan fingerprint density at radius 1 is 1.46 bits per heavy atom. The van der Waals surface area contributed by atoms with E-state index in [1.165, 1.54) is 0 Å². The topological polar surface area (TPSA) is 33.4 Å². The van der Waals surface area contributed by atoms with Crippen LogP contribution >= 0.6 is 15.9 Å². The van der Waals surface area contributed by atoms with E-state index in [1.54, 1.807) is 13.2 Å². The summed E-state index contributed by atoms with van der Waals surface area (Å²) in [5.74, 6) is 0. The number of halogens is 1. The van der Waals surface area contributed by atoms with Crippen molar-refractivity contribution in [2.45, 2.75) is 13.0 Å². The predicted octanol–water partition coefficient (Wildman–Crippen LogP) is 3.25. The summed E-state index contributed by atoms with van der Waals surface area (Å²) in [4.78, 5) is 0. The van der Waals surface area contributed by atoms with Crippen LogP contribution in [0.5, 0.6) is 0 Å². The number of fused-ring (bicyclic) bond motifs is 1. The minimum atomic E-state index is -0.464. The van der Waals surface area contributed by atoms with E-state index >= 15 is 0 Å². The van der Waals surface area contributed by atoms with E-state index in [0.717, 1.165) is 21.0 Å². The fraction of sp³-hybridized carbons (Fsp3) is 0.200. The molecule has 0 amide bonds. The van der Waals surface area contributed by atoms with Gasteiger partial charge in [0.05, 0.1) is 12.4 Å². The first-order valence-electron chi connectivity index (χ1n) is 4.03. The Morgan fingerprint density at radius 3 is 2.92 bits per heavy atom. The molecule has 1 N–H and O–H groups in total. The Balaban J connectivity index is 2.69. The van der Waals surface area contributed by atoms with Crippen LogP contribution in [0.3, 0.4) is 0 Å². The summed E-state index contributed by atoms with van der Waals surface area (Å²) in [6, 6.07) is 5.68. The van der Waals surface area contributed by atoms with Crippen LogP contribution in [0.25, 0.3) is 11.0 Å². The van der Waals surface area contributed by atoms with E-state index < -0.39 is 6.10 Å². The Hall–Kier alpha value is -0.800. The van der Waals surface area contributed by atoms with E-state index in [2.05, 4.69) is 15.9 Å². The highest BCUT2D eigenvalue weighted by molar-refractivity contribution is 9.10. The van der Waals surface area contributed by atoms with Gasteiger partial charge in [-0.2, -0.15) is 0 Å². The van der Waals surface area contributed by atoms with Crippen molar-refractivity contribution in [1.29, 1.82) is 0 Å². The standard InChI is InChI=1S/C10H9BrO2/c1-6(12)8-4-7-2-3-13-10(7)5-9(8)11/h2-6,12H,1H3. The number of aliphatic hydroxyl groups is 1. The third-order valence-corrected chi connectivity index (χ3v) is 2.71. The average Bonchev–Trinajstić information content (AvgIpc) is 2.48. The van der Waals surface area contributed by atoms with Crippen molar-refractivity contribution in [2.75, 3.05) is 0 Å². The van der Waals surface area contributed by atoms with Crippen molar-refractivity contribution in [3.05, 3.63) is 34.5 Å². The van der Waals surface area contributed by atoms with Crippen LogP contribution in [0.4, 0.5) is 0 Å². The molecule has 1 heterocycles. The number of hydrogen-bond donors (Lipinski definition) is 1. The number of rotatable bonds is 1. The zero-order valence-electron chi connectivity index (χ0n) is 7.12. The molecule has 1 aromatic heterocycles. The molecule has 0 fully saturated rings. The van der Waals surface area contributed by atoms with Gasteiger partial charge < -0.3 is 9.52 Å². The molecule has 2 rings (SSSR count). The molecular formula is C10H9BrO2. The highest BCUT2D eigenvalue weighted by Gasteiger charge is 2.08. The molecule has 0 bridgehead atoms. The number of benzene rings is 1. The van der Waals surface area contributed by atoms with E-state index in [1.807, 2.05) is 18.2 Å². The Morgan fingerprint density at radius 2 is 2.23 bits per heavy atom. The molecule has 1 atom stereocenters. The van der Waals surface area contributed by atoms with Gasteiger partial charge in [0.25, 0.3) is 0 Å². The lowest BCUT2D eigenvalue weighted by molar-refractivity contribution is 0.198. The molecule has 1 unspecified atom stereocenters. The smallest absolute Gasteiger partial charge is 0.134 e. The molecule has 0 aliphatic heterocycles. The third-order valence-electron chi connectivity index (χ3n) is 2.02. The third kappa shape index (κ3) is 1.49. The molecule has 0 saturated carbocycles. The molecule has 0 radical (unpaired) electrons. The average molecular weight is 241 g/mol. The van der Waals surface area contributed by atoms with Crippen LogP contribution in [-0.4, -0.2) is 5.11 Å². The van der Waals surface area contributed by atoms with Gasteiger partial charge in [0.15, 0.2) is 0 Å². The highest BCUT2D eigenvalue weighted by atomic mass is 79.9. The van der Waals surface area contributed by atoms with Crippen LogP contribution in [0.1, 0.15) is 18.6 Å². The molecule has 0 spiro atoms.